The molecule has 0 aliphatic heterocycles. The number of ether oxygens (including phenoxy) is 1. The molecule has 5 rings (SSSR count). The maximum Gasteiger partial charge on any atom is 0.266 e. The summed E-state index contributed by atoms with van der Waals surface area (Å²) < 4.78 is 22.4. The Kier molecular flexibility index (Phi) is 4.10. The van der Waals surface area contributed by atoms with Gasteiger partial charge in [0.25, 0.3) is 5.56 Å². The lowest BCUT2D eigenvalue weighted by atomic mass is 10.1. The number of methoxy groups -OCH3 is 1. The van der Waals surface area contributed by atoms with Gasteiger partial charge in [0.1, 0.15) is 11.6 Å². The molecule has 5 aromatic rings. The summed E-state index contributed by atoms with van der Waals surface area (Å²) in [6.45, 7) is 1.90. The zero-order chi connectivity index (χ0) is 20.8. The summed E-state index contributed by atoms with van der Waals surface area (Å²) in [6, 6.07) is 15.6. The largest absolute Gasteiger partial charge is 0.497 e. The van der Waals surface area contributed by atoms with Crippen molar-refractivity contribution in [3.63, 3.8) is 0 Å². The van der Waals surface area contributed by atoms with E-state index < -0.39 is 5.82 Å². The van der Waals surface area contributed by atoms with Crippen molar-refractivity contribution in [2.45, 2.75) is 6.92 Å². The first-order valence-corrected chi connectivity index (χ1v) is 9.37. The summed E-state index contributed by atoms with van der Waals surface area (Å²) in [6.07, 6.45) is 3.09. The summed E-state index contributed by atoms with van der Waals surface area (Å²) in [5.41, 5.74) is 3.73. The van der Waals surface area contributed by atoms with Gasteiger partial charge in [-0.05, 0) is 42.8 Å². The standard InChI is InChI=1S/C23H17FN4O2/c1-14-21(15-7-9-16(30-2)10-8-15)22-25-13-17-19(28(22)26-14)11-12-27(23(17)29)20-6-4-3-5-18(20)24/h3-13H,1-2H3. The van der Waals surface area contributed by atoms with Gasteiger partial charge in [-0.3, -0.25) is 9.36 Å². The van der Waals surface area contributed by atoms with Gasteiger partial charge in [-0.25, -0.2) is 13.9 Å². The minimum atomic E-state index is -0.468. The Morgan fingerprint density at radius 1 is 1.03 bits per heavy atom. The van der Waals surface area contributed by atoms with Gasteiger partial charge in [0.2, 0.25) is 0 Å². The van der Waals surface area contributed by atoms with Gasteiger partial charge < -0.3 is 4.74 Å². The number of nitrogens with zero attached hydrogens (tertiary/aromatic N) is 4. The first-order chi connectivity index (χ1) is 14.6. The topological polar surface area (TPSA) is 61.4 Å². The predicted molar refractivity (Wildman–Crippen MR) is 113 cm³/mol. The van der Waals surface area contributed by atoms with Crippen LogP contribution in [-0.4, -0.2) is 26.3 Å². The van der Waals surface area contributed by atoms with E-state index in [2.05, 4.69) is 10.1 Å². The van der Waals surface area contributed by atoms with Gasteiger partial charge >= 0.3 is 0 Å². The van der Waals surface area contributed by atoms with Crippen LogP contribution in [0.25, 0.3) is 33.4 Å². The highest BCUT2D eigenvalue weighted by Crippen LogP contribution is 2.30. The van der Waals surface area contributed by atoms with Gasteiger partial charge in [0, 0.05) is 18.0 Å². The molecule has 6 nitrogen and oxygen atoms in total. The van der Waals surface area contributed by atoms with Crippen LogP contribution in [0.2, 0.25) is 0 Å². The van der Waals surface area contributed by atoms with E-state index in [1.54, 1.807) is 42.1 Å². The van der Waals surface area contributed by atoms with Crippen molar-refractivity contribution >= 4 is 16.6 Å². The van der Waals surface area contributed by atoms with Crippen LogP contribution >= 0.6 is 0 Å². The molecule has 0 spiro atoms. The van der Waals surface area contributed by atoms with E-state index >= 15 is 0 Å². The van der Waals surface area contributed by atoms with E-state index in [0.717, 1.165) is 22.6 Å². The molecule has 3 heterocycles. The Morgan fingerprint density at radius 2 is 1.80 bits per heavy atom. The second-order valence-corrected chi connectivity index (χ2v) is 6.92. The fraction of sp³-hybridized carbons (Fsp3) is 0.0870. The third kappa shape index (κ3) is 2.67. The van der Waals surface area contributed by atoms with Gasteiger partial charge in [-0.1, -0.05) is 24.3 Å². The van der Waals surface area contributed by atoms with Crippen molar-refractivity contribution in [3.8, 4) is 22.6 Å². The lowest BCUT2D eigenvalue weighted by molar-refractivity contribution is 0.415. The van der Waals surface area contributed by atoms with E-state index in [-0.39, 0.29) is 11.2 Å². The molecule has 0 aliphatic carbocycles. The molecular weight excluding hydrogens is 383 g/mol. The number of hydrogen-bond donors (Lipinski definition) is 0. The molecule has 30 heavy (non-hydrogen) atoms. The maximum atomic E-state index is 14.2. The Morgan fingerprint density at radius 3 is 2.53 bits per heavy atom. The van der Waals surface area contributed by atoms with Crippen LogP contribution in [0.3, 0.4) is 0 Å². The quantitative estimate of drug-likeness (QED) is 0.456. The molecule has 0 N–H and O–H groups in total. The monoisotopic (exact) mass is 400 g/mol. The number of halogens is 1. The highest BCUT2D eigenvalue weighted by molar-refractivity contribution is 5.86. The van der Waals surface area contributed by atoms with Crippen LogP contribution in [0.4, 0.5) is 4.39 Å². The molecule has 0 radical (unpaired) electrons. The molecular formula is C23H17FN4O2. The van der Waals surface area contributed by atoms with Crippen LogP contribution in [0.1, 0.15) is 5.69 Å². The lowest BCUT2D eigenvalue weighted by Gasteiger charge is -2.09. The fourth-order valence-corrected chi connectivity index (χ4v) is 3.71. The fourth-order valence-electron chi connectivity index (χ4n) is 3.71. The normalized spacial score (nSPS) is 11.3. The second-order valence-electron chi connectivity index (χ2n) is 6.92. The smallest absolute Gasteiger partial charge is 0.266 e. The van der Waals surface area contributed by atoms with E-state index in [1.807, 2.05) is 31.2 Å². The molecule has 3 aromatic heterocycles. The first kappa shape index (κ1) is 18.1. The molecule has 0 atom stereocenters. The number of rotatable bonds is 3. The highest BCUT2D eigenvalue weighted by Gasteiger charge is 2.17. The van der Waals surface area contributed by atoms with Crippen molar-refractivity contribution < 1.29 is 9.13 Å². The number of fused-ring (bicyclic) bond motifs is 3. The third-order valence-corrected chi connectivity index (χ3v) is 5.18. The predicted octanol–water partition coefficient (Wildman–Crippen LogP) is 4.16. The average molecular weight is 400 g/mol. The zero-order valence-corrected chi connectivity index (χ0v) is 16.3. The number of para-hydroxylation sites is 1. The molecule has 0 bridgehead atoms. The summed E-state index contributed by atoms with van der Waals surface area (Å²) in [5.74, 6) is 0.296. The van der Waals surface area contributed by atoms with Gasteiger partial charge in [-0.2, -0.15) is 5.10 Å². The Hall–Kier alpha value is -4.00. The minimum absolute atomic E-state index is 0.195. The molecule has 148 valence electrons. The summed E-state index contributed by atoms with van der Waals surface area (Å²) >= 11 is 0. The van der Waals surface area contributed by atoms with Crippen molar-refractivity contribution in [1.82, 2.24) is 19.2 Å². The second kappa shape index (κ2) is 6.81. The molecule has 0 aliphatic rings. The van der Waals surface area contributed by atoms with Crippen molar-refractivity contribution in [3.05, 3.63) is 88.9 Å². The summed E-state index contributed by atoms with van der Waals surface area (Å²) in [4.78, 5) is 17.6. The molecule has 0 amide bonds. The van der Waals surface area contributed by atoms with Crippen molar-refractivity contribution in [2.24, 2.45) is 0 Å². The van der Waals surface area contributed by atoms with Crippen LogP contribution in [0.15, 0.2) is 71.8 Å². The lowest BCUT2D eigenvalue weighted by Crippen LogP contribution is -2.19. The molecule has 0 fully saturated rings. The number of hydrogen-bond acceptors (Lipinski definition) is 4. The number of aromatic nitrogens is 4. The molecule has 0 saturated carbocycles. The van der Waals surface area contributed by atoms with Gasteiger partial charge in [-0.15, -0.1) is 0 Å². The molecule has 2 aromatic carbocycles. The molecule has 7 heteroatoms. The molecule has 0 saturated heterocycles. The highest BCUT2D eigenvalue weighted by atomic mass is 19.1. The van der Waals surface area contributed by atoms with Gasteiger partial charge in [0.15, 0.2) is 5.65 Å². The first-order valence-electron chi connectivity index (χ1n) is 9.37. The van der Waals surface area contributed by atoms with E-state index in [4.69, 9.17) is 4.74 Å². The number of benzene rings is 2. The van der Waals surface area contributed by atoms with E-state index in [1.165, 1.54) is 16.8 Å². The SMILES string of the molecule is COc1ccc(-c2c(C)nn3c2ncc2c(=O)n(-c4ccccc4F)ccc23)cc1. The number of pyridine rings is 1. The van der Waals surface area contributed by atoms with E-state index in [9.17, 15) is 9.18 Å². The summed E-state index contributed by atoms with van der Waals surface area (Å²) in [5, 5.41) is 4.98. The minimum Gasteiger partial charge on any atom is -0.497 e. The van der Waals surface area contributed by atoms with Crippen LogP contribution in [-0.2, 0) is 0 Å². The Labute approximate surface area is 170 Å². The van der Waals surface area contributed by atoms with Crippen molar-refractivity contribution in [1.29, 1.82) is 0 Å². The van der Waals surface area contributed by atoms with Gasteiger partial charge in [0.05, 0.1) is 29.4 Å². The van der Waals surface area contributed by atoms with E-state index in [0.29, 0.717) is 16.6 Å². The Bertz CT molecular complexity index is 1470. The summed E-state index contributed by atoms with van der Waals surface area (Å²) in [7, 11) is 1.62. The third-order valence-electron chi connectivity index (χ3n) is 5.18. The average Bonchev–Trinajstić information content (AvgIpc) is 3.11. The Balaban J connectivity index is 1.74. The maximum absolute atomic E-state index is 14.2. The molecule has 0 unspecified atom stereocenters. The zero-order valence-electron chi connectivity index (χ0n) is 16.3. The van der Waals surface area contributed by atoms with Crippen molar-refractivity contribution in [2.75, 3.05) is 7.11 Å². The van der Waals surface area contributed by atoms with Crippen LogP contribution in [0.5, 0.6) is 5.75 Å². The number of aryl methyl sites for hydroxylation is 1. The van der Waals surface area contributed by atoms with Crippen LogP contribution in [0, 0.1) is 12.7 Å². The van der Waals surface area contributed by atoms with Crippen LogP contribution < -0.4 is 10.3 Å².